The SMILES string of the molecule is CCCCCSCCOc1ccccc1C(=O)NN. The van der Waals surface area contributed by atoms with Crippen molar-refractivity contribution in [3.05, 3.63) is 29.8 Å². The highest BCUT2D eigenvalue weighted by Gasteiger charge is 2.09. The second kappa shape index (κ2) is 9.69. The Morgan fingerprint density at radius 2 is 2.11 bits per heavy atom. The number of para-hydroxylation sites is 1. The van der Waals surface area contributed by atoms with Crippen LogP contribution in [0.5, 0.6) is 5.75 Å². The summed E-state index contributed by atoms with van der Waals surface area (Å²) in [5.74, 6) is 7.49. The van der Waals surface area contributed by atoms with Crippen LogP contribution in [-0.2, 0) is 0 Å². The van der Waals surface area contributed by atoms with E-state index in [0.29, 0.717) is 17.9 Å². The molecule has 0 aliphatic carbocycles. The third-order valence-corrected chi connectivity index (χ3v) is 3.67. The topological polar surface area (TPSA) is 64.3 Å². The summed E-state index contributed by atoms with van der Waals surface area (Å²) in [6, 6.07) is 7.12. The molecule has 0 aliphatic heterocycles. The highest BCUT2D eigenvalue weighted by atomic mass is 32.2. The highest BCUT2D eigenvalue weighted by molar-refractivity contribution is 7.99. The van der Waals surface area contributed by atoms with Crippen LogP contribution < -0.4 is 16.0 Å². The molecule has 0 radical (unpaired) electrons. The van der Waals surface area contributed by atoms with Gasteiger partial charge in [0.15, 0.2) is 0 Å². The predicted molar refractivity (Wildman–Crippen MR) is 80.4 cm³/mol. The second-order valence-corrected chi connectivity index (χ2v) is 5.36. The van der Waals surface area contributed by atoms with E-state index in [2.05, 4.69) is 12.3 Å². The number of hydrogen-bond acceptors (Lipinski definition) is 4. The summed E-state index contributed by atoms with van der Waals surface area (Å²) in [6.07, 6.45) is 3.79. The number of rotatable bonds is 9. The zero-order valence-corrected chi connectivity index (χ0v) is 12.2. The number of thioether (sulfide) groups is 1. The Morgan fingerprint density at radius 3 is 2.84 bits per heavy atom. The van der Waals surface area contributed by atoms with E-state index in [0.717, 1.165) is 5.75 Å². The zero-order chi connectivity index (χ0) is 13.9. The summed E-state index contributed by atoms with van der Waals surface area (Å²) in [5.41, 5.74) is 2.60. The fourth-order valence-electron chi connectivity index (χ4n) is 1.62. The third kappa shape index (κ3) is 5.98. The Bertz CT molecular complexity index is 385. The molecule has 1 amide bonds. The molecule has 1 aromatic carbocycles. The molecule has 0 spiro atoms. The molecule has 5 heteroatoms. The van der Waals surface area contributed by atoms with Gasteiger partial charge in [-0.1, -0.05) is 31.9 Å². The first-order valence-electron chi connectivity index (χ1n) is 6.60. The van der Waals surface area contributed by atoms with Gasteiger partial charge in [0.05, 0.1) is 12.2 Å². The van der Waals surface area contributed by atoms with Gasteiger partial charge in [-0.15, -0.1) is 0 Å². The number of nitrogens with two attached hydrogens (primary N) is 1. The van der Waals surface area contributed by atoms with Gasteiger partial charge in [0.2, 0.25) is 0 Å². The van der Waals surface area contributed by atoms with Crippen molar-refractivity contribution in [3.8, 4) is 5.75 Å². The third-order valence-electron chi connectivity index (χ3n) is 2.64. The molecule has 106 valence electrons. The second-order valence-electron chi connectivity index (χ2n) is 4.14. The maximum Gasteiger partial charge on any atom is 0.268 e. The summed E-state index contributed by atoms with van der Waals surface area (Å²) in [5, 5.41) is 0. The smallest absolute Gasteiger partial charge is 0.268 e. The van der Waals surface area contributed by atoms with Crippen molar-refractivity contribution < 1.29 is 9.53 Å². The highest BCUT2D eigenvalue weighted by Crippen LogP contribution is 2.18. The number of unbranched alkanes of at least 4 members (excludes halogenated alkanes) is 2. The molecule has 0 saturated carbocycles. The van der Waals surface area contributed by atoms with Crippen LogP contribution in [0.25, 0.3) is 0 Å². The summed E-state index contributed by atoms with van der Waals surface area (Å²) >= 11 is 1.88. The van der Waals surface area contributed by atoms with Crippen LogP contribution in [0.3, 0.4) is 0 Å². The quantitative estimate of drug-likeness (QED) is 0.316. The molecular formula is C14H22N2O2S. The largest absolute Gasteiger partial charge is 0.492 e. The van der Waals surface area contributed by atoms with E-state index in [9.17, 15) is 4.79 Å². The van der Waals surface area contributed by atoms with Crippen molar-refractivity contribution in [2.75, 3.05) is 18.1 Å². The molecule has 3 N–H and O–H groups in total. The van der Waals surface area contributed by atoms with Gasteiger partial charge in [0.1, 0.15) is 5.75 Å². The fraction of sp³-hybridized carbons (Fsp3) is 0.500. The number of carbonyl (C=O) groups excluding carboxylic acids is 1. The van der Waals surface area contributed by atoms with Gasteiger partial charge >= 0.3 is 0 Å². The van der Waals surface area contributed by atoms with Gasteiger partial charge in [-0.25, -0.2) is 5.84 Å². The van der Waals surface area contributed by atoms with Crippen LogP contribution in [0, 0.1) is 0 Å². The van der Waals surface area contributed by atoms with E-state index in [4.69, 9.17) is 10.6 Å². The molecule has 0 saturated heterocycles. The Labute approximate surface area is 119 Å². The first kappa shape index (κ1) is 15.9. The first-order chi connectivity index (χ1) is 9.29. The van der Waals surface area contributed by atoms with E-state index >= 15 is 0 Å². The van der Waals surface area contributed by atoms with Crippen molar-refractivity contribution in [1.29, 1.82) is 0 Å². The maximum absolute atomic E-state index is 11.5. The van der Waals surface area contributed by atoms with Gasteiger partial charge in [0, 0.05) is 5.75 Å². The number of hydrazine groups is 1. The van der Waals surface area contributed by atoms with Gasteiger partial charge in [-0.2, -0.15) is 11.8 Å². The number of nitrogen functional groups attached to an aromatic ring is 1. The lowest BCUT2D eigenvalue weighted by molar-refractivity contribution is 0.0950. The van der Waals surface area contributed by atoms with Gasteiger partial charge in [-0.05, 0) is 24.3 Å². The summed E-state index contributed by atoms with van der Waals surface area (Å²) in [4.78, 5) is 11.5. The maximum atomic E-state index is 11.5. The predicted octanol–water partition coefficient (Wildman–Crippen LogP) is 2.59. The van der Waals surface area contributed by atoms with Gasteiger partial charge in [0.25, 0.3) is 5.91 Å². The van der Waals surface area contributed by atoms with Crippen LogP contribution >= 0.6 is 11.8 Å². The molecular weight excluding hydrogens is 260 g/mol. The number of hydrogen-bond donors (Lipinski definition) is 2. The number of amides is 1. The van der Waals surface area contributed by atoms with Crippen molar-refractivity contribution in [1.82, 2.24) is 5.43 Å². The minimum Gasteiger partial charge on any atom is -0.492 e. The summed E-state index contributed by atoms with van der Waals surface area (Å²) in [7, 11) is 0. The fourth-order valence-corrected chi connectivity index (χ4v) is 2.44. The van der Waals surface area contributed by atoms with Gasteiger partial charge < -0.3 is 4.74 Å². The molecule has 1 rings (SSSR count). The van der Waals surface area contributed by atoms with Crippen molar-refractivity contribution >= 4 is 17.7 Å². The molecule has 0 atom stereocenters. The molecule has 0 heterocycles. The van der Waals surface area contributed by atoms with E-state index in [-0.39, 0.29) is 5.91 Å². The van der Waals surface area contributed by atoms with E-state index in [1.165, 1.54) is 25.0 Å². The molecule has 0 fully saturated rings. The lowest BCUT2D eigenvalue weighted by Crippen LogP contribution is -2.30. The number of benzene rings is 1. The number of nitrogens with one attached hydrogen (secondary N) is 1. The van der Waals surface area contributed by atoms with E-state index in [1.807, 2.05) is 17.8 Å². The Balaban J connectivity index is 2.31. The Kier molecular flexibility index (Phi) is 8.09. The zero-order valence-electron chi connectivity index (χ0n) is 11.4. The van der Waals surface area contributed by atoms with Gasteiger partial charge in [-0.3, -0.25) is 10.2 Å². The summed E-state index contributed by atoms with van der Waals surface area (Å²) < 4.78 is 5.63. The lowest BCUT2D eigenvalue weighted by Gasteiger charge is -2.10. The molecule has 0 unspecified atom stereocenters. The van der Waals surface area contributed by atoms with Crippen molar-refractivity contribution in [2.24, 2.45) is 5.84 Å². The van der Waals surface area contributed by atoms with Crippen LogP contribution in [0.4, 0.5) is 0 Å². The monoisotopic (exact) mass is 282 g/mol. The van der Waals surface area contributed by atoms with E-state index in [1.54, 1.807) is 18.2 Å². The minimum atomic E-state index is -0.328. The first-order valence-corrected chi connectivity index (χ1v) is 7.75. The summed E-state index contributed by atoms with van der Waals surface area (Å²) in [6.45, 7) is 2.80. The molecule has 19 heavy (non-hydrogen) atoms. The molecule has 1 aromatic rings. The van der Waals surface area contributed by atoms with Crippen molar-refractivity contribution in [2.45, 2.75) is 26.2 Å². The average molecular weight is 282 g/mol. The average Bonchev–Trinajstić information content (AvgIpc) is 2.46. The van der Waals surface area contributed by atoms with Crippen LogP contribution in [0.15, 0.2) is 24.3 Å². The van der Waals surface area contributed by atoms with Crippen LogP contribution in [-0.4, -0.2) is 24.0 Å². The normalized spacial score (nSPS) is 10.2. The standard InChI is InChI=1S/C14H22N2O2S/c1-2-3-6-10-19-11-9-18-13-8-5-4-7-12(13)14(17)16-15/h4-5,7-8H,2-3,6,9-11,15H2,1H3,(H,16,17). The van der Waals surface area contributed by atoms with E-state index < -0.39 is 0 Å². The molecule has 0 aliphatic rings. The van der Waals surface area contributed by atoms with Crippen LogP contribution in [0.2, 0.25) is 0 Å². The molecule has 0 aromatic heterocycles. The molecule has 0 bridgehead atoms. The lowest BCUT2D eigenvalue weighted by atomic mass is 10.2. The molecule has 4 nitrogen and oxygen atoms in total. The van der Waals surface area contributed by atoms with Crippen LogP contribution in [0.1, 0.15) is 36.5 Å². The number of carbonyl (C=O) groups is 1. The Hall–Kier alpha value is -1.20. The minimum absolute atomic E-state index is 0.328. The number of ether oxygens (including phenoxy) is 1. The Morgan fingerprint density at radius 1 is 1.32 bits per heavy atom. The van der Waals surface area contributed by atoms with Crippen molar-refractivity contribution in [3.63, 3.8) is 0 Å².